The van der Waals surface area contributed by atoms with Crippen LogP contribution in [0.15, 0.2) is 33.9 Å². The van der Waals surface area contributed by atoms with Gasteiger partial charge in [0.25, 0.3) is 0 Å². The average molecular weight is 542 g/mol. The number of sulfone groups is 1. The third kappa shape index (κ3) is 6.05. The van der Waals surface area contributed by atoms with Gasteiger partial charge in [-0.15, -0.1) is 16.4 Å². The highest BCUT2D eigenvalue weighted by Crippen LogP contribution is 2.34. The molecular weight excluding hydrogens is 522 g/mol. The molecule has 0 bridgehead atoms. The summed E-state index contributed by atoms with van der Waals surface area (Å²) in [7, 11) is -4.33. The van der Waals surface area contributed by atoms with E-state index in [1.807, 2.05) is 0 Å². The normalized spacial score (nSPS) is 11.2. The molecule has 186 valence electrons. The van der Waals surface area contributed by atoms with Gasteiger partial charge in [-0.05, 0) is 50.6 Å². The van der Waals surface area contributed by atoms with Crippen LogP contribution in [0.2, 0.25) is 5.02 Å². The maximum Gasteiger partial charge on any atom is 0.348 e. The van der Waals surface area contributed by atoms with Crippen LogP contribution < -0.4 is 5.32 Å². The molecule has 14 heteroatoms. The molecule has 1 aromatic carbocycles. The van der Waals surface area contributed by atoms with Crippen molar-refractivity contribution < 1.29 is 36.7 Å². The molecule has 0 aliphatic heterocycles. The highest BCUT2D eigenvalue weighted by Gasteiger charge is 2.30. The summed E-state index contributed by atoms with van der Waals surface area (Å²) in [6, 6.07) is 6.26. The van der Waals surface area contributed by atoms with Gasteiger partial charge >= 0.3 is 17.2 Å². The van der Waals surface area contributed by atoms with E-state index in [2.05, 4.69) is 15.5 Å². The van der Waals surface area contributed by atoms with Crippen LogP contribution >= 0.6 is 22.9 Å². The van der Waals surface area contributed by atoms with Crippen molar-refractivity contribution in [3.63, 3.8) is 0 Å². The molecule has 0 aliphatic rings. The smallest absolute Gasteiger partial charge is 0.348 e. The Morgan fingerprint density at radius 3 is 2.31 bits per heavy atom. The number of thiophene rings is 1. The molecule has 3 rings (SSSR count). The maximum absolute atomic E-state index is 12.7. The third-order valence-corrected chi connectivity index (χ3v) is 7.20. The second kappa shape index (κ2) is 11.0. The van der Waals surface area contributed by atoms with Crippen LogP contribution in [-0.4, -0.2) is 55.4 Å². The van der Waals surface area contributed by atoms with Crippen molar-refractivity contribution in [3.05, 3.63) is 45.3 Å². The Kier molecular flexibility index (Phi) is 8.25. The summed E-state index contributed by atoms with van der Waals surface area (Å²) < 4.78 is 40.6. The number of hydrogen-bond acceptors (Lipinski definition) is 11. The quantitative estimate of drug-likeness (QED) is 0.397. The van der Waals surface area contributed by atoms with Gasteiger partial charge in [0.2, 0.25) is 21.6 Å². The van der Waals surface area contributed by atoms with Crippen molar-refractivity contribution in [1.29, 1.82) is 0 Å². The number of rotatable bonds is 9. The zero-order valence-corrected chi connectivity index (χ0v) is 21.2. The summed E-state index contributed by atoms with van der Waals surface area (Å²) in [6.45, 7) is 4.87. The minimum Gasteiger partial charge on any atom is -0.462 e. The van der Waals surface area contributed by atoms with Gasteiger partial charge in [0.05, 0.1) is 18.8 Å². The van der Waals surface area contributed by atoms with Gasteiger partial charge < -0.3 is 19.2 Å². The molecule has 35 heavy (non-hydrogen) atoms. The molecule has 0 radical (unpaired) electrons. The molecule has 2 aromatic heterocycles. The third-order valence-electron chi connectivity index (χ3n) is 4.42. The first-order chi connectivity index (χ1) is 16.6. The molecule has 0 fully saturated rings. The molecule has 0 unspecified atom stereocenters. The van der Waals surface area contributed by atoms with Crippen LogP contribution in [0.25, 0.3) is 11.5 Å². The molecule has 1 amide bonds. The zero-order chi connectivity index (χ0) is 25.8. The van der Waals surface area contributed by atoms with Crippen LogP contribution in [0.4, 0.5) is 5.00 Å². The second-order valence-electron chi connectivity index (χ2n) is 6.89. The highest BCUT2D eigenvalue weighted by atomic mass is 35.5. The summed E-state index contributed by atoms with van der Waals surface area (Å²) in [6.07, 6.45) is 0. The fraction of sp³-hybridized carbons (Fsp3) is 0.286. The molecule has 0 spiro atoms. The van der Waals surface area contributed by atoms with Crippen LogP contribution in [0.3, 0.4) is 0 Å². The molecule has 3 aromatic rings. The number of benzene rings is 1. The zero-order valence-electron chi connectivity index (χ0n) is 18.8. The molecule has 0 saturated heterocycles. The lowest BCUT2D eigenvalue weighted by Gasteiger charge is -2.06. The topological polar surface area (TPSA) is 155 Å². The Morgan fingerprint density at radius 1 is 1.06 bits per heavy atom. The monoisotopic (exact) mass is 541 g/mol. The van der Waals surface area contributed by atoms with Crippen molar-refractivity contribution in [1.82, 2.24) is 10.2 Å². The number of esters is 2. The van der Waals surface area contributed by atoms with Crippen LogP contribution in [0, 0.1) is 6.92 Å². The summed E-state index contributed by atoms with van der Waals surface area (Å²) in [5.74, 6) is -3.58. The average Bonchev–Trinajstić information content (AvgIpc) is 3.40. The van der Waals surface area contributed by atoms with Crippen LogP contribution in [-0.2, 0) is 24.1 Å². The number of hydrogen-bond donors (Lipinski definition) is 1. The molecule has 0 atom stereocenters. The number of amides is 1. The summed E-state index contributed by atoms with van der Waals surface area (Å²) in [5.41, 5.74) is 0.621. The lowest BCUT2D eigenvalue weighted by Crippen LogP contribution is -2.24. The minimum atomic E-state index is -4.33. The molecule has 0 aliphatic carbocycles. The number of aromatic nitrogens is 2. The minimum absolute atomic E-state index is 0.0448. The number of carbonyl (C=O) groups excluding carboxylic acids is 3. The summed E-state index contributed by atoms with van der Waals surface area (Å²) in [5, 5.41) is 9.27. The van der Waals surface area contributed by atoms with Crippen molar-refractivity contribution in [2.75, 3.05) is 24.3 Å². The predicted octanol–water partition coefficient (Wildman–Crippen LogP) is 3.53. The predicted molar refractivity (Wildman–Crippen MR) is 126 cm³/mol. The number of anilines is 1. The maximum atomic E-state index is 12.7. The van der Waals surface area contributed by atoms with E-state index in [0.717, 1.165) is 11.3 Å². The largest absolute Gasteiger partial charge is 0.462 e. The van der Waals surface area contributed by atoms with Crippen molar-refractivity contribution >= 4 is 55.6 Å². The number of nitrogens with one attached hydrogen (secondary N) is 1. The highest BCUT2D eigenvalue weighted by molar-refractivity contribution is 7.91. The molecular formula is C21H20ClN3O8S2. The standard InChI is InChI=1S/C21H20ClN3O8S2/c1-4-31-19(27)15-11(3)16(20(28)32-5-2)34-18(15)23-14(26)10-35(29,30)21-25-24-17(33-21)12-6-8-13(22)9-7-12/h6-9H,4-5,10H2,1-3H3,(H,23,26). The van der Waals surface area contributed by atoms with E-state index >= 15 is 0 Å². The fourth-order valence-electron chi connectivity index (χ4n) is 2.88. The summed E-state index contributed by atoms with van der Waals surface area (Å²) >= 11 is 6.61. The molecule has 11 nitrogen and oxygen atoms in total. The Hall–Kier alpha value is -3.29. The number of nitrogens with zero attached hydrogens (tertiary/aromatic N) is 2. The van der Waals surface area contributed by atoms with Crippen molar-refractivity contribution in [2.45, 2.75) is 26.0 Å². The Balaban J connectivity index is 1.83. The number of carbonyl (C=O) groups is 3. The van der Waals surface area contributed by atoms with Gasteiger partial charge in [-0.3, -0.25) is 4.79 Å². The Morgan fingerprint density at radius 2 is 1.69 bits per heavy atom. The van der Waals surface area contributed by atoms with Crippen LogP contribution in [0.5, 0.6) is 0 Å². The van der Waals surface area contributed by atoms with Gasteiger partial charge in [-0.1, -0.05) is 16.7 Å². The number of ether oxygens (including phenoxy) is 2. The first-order valence-electron chi connectivity index (χ1n) is 10.2. The van der Waals surface area contributed by atoms with Crippen LogP contribution in [0.1, 0.15) is 39.4 Å². The van der Waals surface area contributed by atoms with E-state index in [1.165, 1.54) is 6.92 Å². The summed E-state index contributed by atoms with van der Waals surface area (Å²) in [4.78, 5) is 37.4. The van der Waals surface area contributed by atoms with E-state index in [4.69, 9.17) is 25.5 Å². The Bertz CT molecular complexity index is 1360. The van der Waals surface area contributed by atoms with Gasteiger partial charge in [0, 0.05) is 10.6 Å². The van der Waals surface area contributed by atoms with Crippen molar-refractivity contribution in [2.24, 2.45) is 0 Å². The molecule has 1 N–H and O–H groups in total. The van der Waals surface area contributed by atoms with E-state index in [1.54, 1.807) is 38.1 Å². The lowest BCUT2D eigenvalue weighted by atomic mass is 10.1. The lowest BCUT2D eigenvalue weighted by molar-refractivity contribution is -0.113. The molecule has 0 saturated carbocycles. The second-order valence-corrected chi connectivity index (χ2v) is 10.2. The first-order valence-corrected chi connectivity index (χ1v) is 13.0. The number of halogens is 1. The van der Waals surface area contributed by atoms with Gasteiger partial charge in [-0.25, -0.2) is 18.0 Å². The van der Waals surface area contributed by atoms with E-state index in [-0.39, 0.29) is 40.1 Å². The fourth-order valence-corrected chi connectivity index (χ4v) is 5.03. The molecule has 2 heterocycles. The van der Waals surface area contributed by atoms with E-state index in [9.17, 15) is 22.8 Å². The van der Waals surface area contributed by atoms with Gasteiger partial charge in [-0.2, -0.15) is 0 Å². The SMILES string of the molecule is CCOC(=O)c1sc(NC(=O)CS(=O)(=O)c2nnc(-c3ccc(Cl)cc3)o2)c(C(=O)OCC)c1C. The van der Waals surface area contributed by atoms with Crippen molar-refractivity contribution in [3.8, 4) is 11.5 Å². The van der Waals surface area contributed by atoms with E-state index in [0.29, 0.717) is 10.6 Å². The first kappa shape index (κ1) is 26.3. The Labute approximate surface area is 209 Å². The van der Waals surface area contributed by atoms with Gasteiger partial charge in [0.15, 0.2) is 0 Å². The van der Waals surface area contributed by atoms with E-state index < -0.39 is 38.7 Å². The van der Waals surface area contributed by atoms with Gasteiger partial charge in [0.1, 0.15) is 15.6 Å².